The van der Waals surface area contributed by atoms with E-state index in [9.17, 15) is 23.8 Å². The fourth-order valence-electron chi connectivity index (χ4n) is 2.41. The van der Waals surface area contributed by atoms with Crippen molar-refractivity contribution in [2.24, 2.45) is 0 Å². The van der Waals surface area contributed by atoms with E-state index in [1.807, 2.05) is 0 Å². The molecule has 0 aliphatic carbocycles. The number of rotatable bonds is 2. The van der Waals surface area contributed by atoms with Crippen LogP contribution in [0.3, 0.4) is 0 Å². The van der Waals surface area contributed by atoms with Crippen LogP contribution in [0.1, 0.15) is 6.23 Å². The number of aliphatic hydroxyl groups is 2. The normalized spacial score (nSPS) is 39.4. The largest absolute Gasteiger partial charge is 0.393 e. The van der Waals surface area contributed by atoms with Crippen LogP contribution in [0.4, 0.5) is 14.6 Å². The van der Waals surface area contributed by atoms with Crippen LogP contribution in [0, 0.1) is 5.82 Å². The molecule has 8 nitrogen and oxygen atoms in total. The van der Waals surface area contributed by atoms with Gasteiger partial charge in [-0.3, -0.25) is 4.57 Å². The first-order chi connectivity index (χ1) is 9.40. The van der Waals surface area contributed by atoms with Crippen molar-refractivity contribution in [1.82, 2.24) is 9.55 Å². The first-order valence-electron chi connectivity index (χ1n) is 5.71. The van der Waals surface area contributed by atoms with Crippen molar-refractivity contribution in [3.8, 4) is 0 Å². The summed E-state index contributed by atoms with van der Waals surface area (Å²) in [5.74, 6) is -1.59. The highest BCUT2D eigenvalue weighted by Crippen LogP contribution is 2.49. The Hall–Kier alpha value is -1.62. The number of hydrogen-bond donors (Lipinski definition) is 3. The second kappa shape index (κ2) is 4.19. The third-order valence-corrected chi connectivity index (χ3v) is 3.53. The summed E-state index contributed by atoms with van der Waals surface area (Å²) in [7, 11) is 0. The maximum Gasteiger partial charge on any atom is 0.351 e. The second-order valence-electron chi connectivity index (χ2n) is 4.65. The lowest BCUT2D eigenvalue weighted by atomic mass is 9.90. The van der Waals surface area contributed by atoms with Crippen molar-refractivity contribution >= 4 is 5.82 Å². The summed E-state index contributed by atoms with van der Waals surface area (Å²) in [5.41, 5.74) is 2.40. The van der Waals surface area contributed by atoms with Crippen LogP contribution in [-0.2, 0) is 9.47 Å². The van der Waals surface area contributed by atoms with Gasteiger partial charge < -0.3 is 25.4 Å². The summed E-state index contributed by atoms with van der Waals surface area (Å²) < 4.78 is 37.3. The van der Waals surface area contributed by atoms with Gasteiger partial charge in [0.1, 0.15) is 12.2 Å². The molecule has 3 heterocycles. The van der Waals surface area contributed by atoms with E-state index in [1.54, 1.807) is 0 Å². The van der Waals surface area contributed by atoms with Gasteiger partial charge in [-0.25, -0.2) is 13.6 Å². The molecule has 0 bridgehead atoms. The highest BCUT2D eigenvalue weighted by molar-refractivity contribution is 5.26. The number of hydrogen-bond acceptors (Lipinski definition) is 7. The van der Waals surface area contributed by atoms with Crippen LogP contribution in [-0.4, -0.2) is 50.5 Å². The SMILES string of the molecule is Nc1nc(=O)n([C@@H]2O[C@@]3(CO)[C@@H](F)O[C@H]3[C@H]2O)cc1F. The minimum atomic E-state index is -1.94. The average Bonchev–Trinajstić information content (AvgIpc) is 2.63. The highest BCUT2D eigenvalue weighted by atomic mass is 19.1. The van der Waals surface area contributed by atoms with Gasteiger partial charge in [-0.2, -0.15) is 4.98 Å². The van der Waals surface area contributed by atoms with Crippen molar-refractivity contribution in [3.63, 3.8) is 0 Å². The molecular weight excluding hydrogens is 280 g/mol. The number of aliphatic hydroxyl groups excluding tert-OH is 2. The molecule has 0 unspecified atom stereocenters. The van der Waals surface area contributed by atoms with Crippen LogP contribution >= 0.6 is 0 Å². The monoisotopic (exact) mass is 291 g/mol. The molecule has 0 radical (unpaired) electrons. The van der Waals surface area contributed by atoms with Gasteiger partial charge >= 0.3 is 5.69 Å². The number of fused-ring (bicyclic) bond motifs is 1. The number of nitrogens with two attached hydrogens (primary N) is 1. The predicted octanol–water partition coefficient (Wildman–Crippen LogP) is -1.72. The molecule has 0 amide bonds. The molecule has 20 heavy (non-hydrogen) atoms. The van der Waals surface area contributed by atoms with E-state index in [4.69, 9.17) is 10.5 Å². The van der Waals surface area contributed by atoms with E-state index in [2.05, 4.69) is 9.72 Å². The predicted molar refractivity (Wildman–Crippen MR) is 58.6 cm³/mol. The van der Waals surface area contributed by atoms with Crippen molar-refractivity contribution < 1.29 is 28.5 Å². The zero-order valence-electron chi connectivity index (χ0n) is 9.94. The summed E-state index contributed by atoms with van der Waals surface area (Å²) in [6.45, 7) is -0.758. The summed E-state index contributed by atoms with van der Waals surface area (Å²) in [6, 6.07) is 0. The number of halogens is 2. The number of ether oxygens (including phenoxy) is 2. The van der Waals surface area contributed by atoms with Crippen molar-refractivity contribution in [2.75, 3.05) is 12.3 Å². The molecule has 2 fully saturated rings. The Morgan fingerprint density at radius 2 is 2.30 bits per heavy atom. The fraction of sp³-hybridized carbons (Fsp3) is 0.600. The van der Waals surface area contributed by atoms with Crippen LogP contribution < -0.4 is 11.4 Å². The molecule has 3 rings (SSSR count). The van der Waals surface area contributed by atoms with Gasteiger partial charge in [0, 0.05) is 0 Å². The minimum absolute atomic E-state index is 0.599. The number of aromatic nitrogens is 2. The van der Waals surface area contributed by atoms with Gasteiger partial charge in [-0.1, -0.05) is 0 Å². The average molecular weight is 291 g/mol. The molecule has 2 aliphatic rings. The van der Waals surface area contributed by atoms with Gasteiger partial charge in [0.2, 0.25) is 6.36 Å². The van der Waals surface area contributed by atoms with Gasteiger partial charge in [0.15, 0.2) is 23.5 Å². The third-order valence-electron chi connectivity index (χ3n) is 3.53. The fourth-order valence-corrected chi connectivity index (χ4v) is 2.41. The number of nitrogens with zero attached hydrogens (tertiary/aromatic N) is 2. The quantitative estimate of drug-likeness (QED) is 0.593. The summed E-state index contributed by atoms with van der Waals surface area (Å²) in [5, 5.41) is 19.2. The standard InChI is InChI=1S/C10H11F2N3O5/c11-3-1-15(9(18)14-6(3)13)7-4(17)5-10(2-16,20-7)8(12)19-5/h1,4-5,7-8,16-17H,2H2,(H2,13,14,18)/t4-,5+,7-,8+,10-/m1/s1. The highest BCUT2D eigenvalue weighted by Gasteiger charge is 2.69. The maximum atomic E-state index is 13.4. The van der Waals surface area contributed by atoms with Gasteiger partial charge in [-0.15, -0.1) is 0 Å². The molecule has 1 aromatic rings. The van der Waals surface area contributed by atoms with Crippen LogP contribution in [0.2, 0.25) is 0 Å². The summed E-state index contributed by atoms with van der Waals surface area (Å²) >= 11 is 0. The Morgan fingerprint density at radius 3 is 2.85 bits per heavy atom. The smallest absolute Gasteiger partial charge is 0.351 e. The second-order valence-corrected chi connectivity index (χ2v) is 4.65. The number of nitrogen functional groups attached to an aromatic ring is 1. The molecule has 0 spiro atoms. The number of alkyl halides is 1. The van der Waals surface area contributed by atoms with E-state index in [1.165, 1.54) is 0 Å². The lowest BCUT2D eigenvalue weighted by Gasteiger charge is -2.44. The lowest BCUT2D eigenvalue weighted by molar-refractivity contribution is -0.338. The molecule has 0 saturated carbocycles. The van der Waals surface area contributed by atoms with Crippen molar-refractivity contribution in [2.45, 2.75) is 30.4 Å². The molecule has 2 saturated heterocycles. The number of anilines is 1. The Morgan fingerprint density at radius 1 is 1.60 bits per heavy atom. The molecule has 2 aliphatic heterocycles. The van der Waals surface area contributed by atoms with E-state index >= 15 is 0 Å². The lowest BCUT2D eigenvalue weighted by Crippen LogP contribution is -2.66. The van der Waals surface area contributed by atoms with E-state index in [0.717, 1.165) is 0 Å². The van der Waals surface area contributed by atoms with Crippen LogP contribution in [0.15, 0.2) is 11.0 Å². The third kappa shape index (κ3) is 1.53. The molecule has 5 atom stereocenters. The minimum Gasteiger partial charge on any atom is -0.393 e. The maximum absolute atomic E-state index is 13.4. The summed E-state index contributed by atoms with van der Waals surface area (Å²) in [4.78, 5) is 14.9. The Bertz CT molecular complexity index is 611. The van der Waals surface area contributed by atoms with E-state index in [-0.39, 0.29) is 0 Å². The molecule has 4 N–H and O–H groups in total. The Labute approximate surface area is 110 Å². The molecule has 10 heteroatoms. The summed E-state index contributed by atoms with van der Waals surface area (Å²) in [6.07, 6.45) is -5.29. The topological polar surface area (TPSA) is 120 Å². The molecule has 110 valence electrons. The van der Waals surface area contributed by atoms with Crippen molar-refractivity contribution in [1.29, 1.82) is 0 Å². The Kier molecular flexibility index (Phi) is 2.80. The van der Waals surface area contributed by atoms with Gasteiger partial charge in [-0.05, 0) is 0 Å². The van der Waals surface area contributed by atoms with Crippen LogP contribution in [0.25, 0.3) is 0 Å². The van der Waals surface area contributed by atoms with E-state index in [0.29, 0.717) is 10.8 Å². The van der Waals surface area contributed by atoms with Crippen molar-refractivity contribution in [3.05, 3.63) is 22.5 Å². The molecule has 1 aromatic heterocycles. The van der Waals surface area contributed by atoms with Gasteiger partial charge in [0.05, 0.1) is 12.8 Å². The first-order valence-corrected chi connectivity index (χ1v) is 5.71. The zero-order chi connectivity index (χ0) is 14.7. The van der Waals surface area contributed by atoms with Crippen LogP contribution in [0.5, 0.6) is 0 Å². The molecular formula is C10H11F2N3O5. The zero-order valence-corrected chi connectivity index (χ0v) is 9.94. The Balaban J connectivity index is 2.01. The van der Waals surface area contributed by atoms with E-state index < -0.39 is 54.3 Å². The van der Waals surface area contributed by atoms with Gasteiger partial charge in [0.25, 0.3) is 0 Å². The molecule has 0 aromatic carbocycles. The first kappa shape index (κ1) is 13.4.